The Morgan fingerprint density at radius 1 is 0.219 bits per heavy atom. The van der Waals surface area contributed by atoms with Crippen LogP contribution < -0.4 is 0 Å². The Balaban J connectivity index is 1.06. The zero-order valence-electron chi connectivity index (χ0n) is 52.0. The van der Waals surface area contributed by atoms with Crippen LogP contribution in [0.15, 0.2) is 344 Å². The summed E-state index contributed by atoms with van der Waals surface area (Å²) < 4.78 is 15.1. The number of nitriles is 1. The first-order chi connectivity index (χ1) is 47.6. The van der Waals surface area contributed by atoms with Crippen molar-refractivity contribution < 1.29 is 4.42 Å². The van der Waals surface area contributed by atoms with E-state index < -0.39 is 0 Å². The van der Waals surface area contributed by atoms with Crippen LogP contribution in [0.3, 0.4) is 0 Å². The predicted molar refractivity (Wildman–Crippen MR) is 400 cm³/mol. The first-order valence-corrected chi connectivity index (χ1v) is 32.7. The van der Waals surface area contributed by atoms with Crippen LogP contribution in [-0.4, -0.2) is 13.7 Å². The van der Waals surface area contributed by atoms with Crippen LogP contribution in [0, 0.1) is 11.3 Å². The van der Waals surface area contributed by atoms with E-state index in [0.29, 0.717) is 22.4 Å². The van der Waals surface area contributed by atoms with Crippen LogP contribution in [0.4, 0.5) is 0 Å². The maximum Gasteiger partial charge on any atom is 0.157 e. The van der Waals surface area contributed by atoms with E-state index in [0.717, 1.165) is 165 Å². The number of furan rings is 1. The number of hydrogen-bond donors (Lipinski definition) is 0. The quantitative estimate of drug-likeness (QED) is 0.137. The van der Waals surface area contributed by atoms with E-state index in [-0.39, 0.29) is 0 Å². The molecule has 0 fully saturated rings. The largest absolute Gasteiger partial charge is 0.454 e. The molecular formula is C91H56N4O. The number of aromatic nitrogens is 3. The zero-order chi connectivity index (χ0) is 63.4. The Hall–Kier alpha value is -13.0. The summed E-state index contributed by atoms with van der Waals surface area (Å²) in [4.78, 5) is 0. The van der Waals surface area contributed by atoms with Crippen molar-refractivity contribution in [2.24, 2.45) is 0 Å². The van der Waals surface area contributed by atoms with Gasteiger partial charge in [0, 0.05) is 43.3 Å². The standard InChI is InChI=1S/C91H56N4O/c92-57-79-87(93-80-45-39-65(58-23-8-1-9-24-58)51-73(80)74-52-66(40-46-81(74)93)59-25-10-2-11-26-59)89(95-84-49-43-69(62-31-16-5-17-32-62)55-77(84)78-56-70(44-50-85(78)95)63-33-18-6-19-34-63)88(86-72-38-22-37-71(90(72)96-91(79)86)64-35-20-7-21-36-64)94-82-47-41-67(60-27-12-3-13-28-60)53-75(82)76-54-68(42-48-83(76)94)61-29-14-4-15-30-61/h1-56H. The molecule has 0 aliphatic rings. The van der Waals surface area contributed by atoms with Gasteiger partial charge in [-0.15, -0.1) is 0 Å². The van der Waals surface area contributed by atoms with E-state index in [1.807, 2.05) is 0 Å². The Bertz CT molecular complexity index is 6050. The fourth-order valence-corrected chi connectivity index (χ4v) is 15.2. The molecule has 0 aliphatic carbocycles. The van der Waals surface area contributed by atoms with Crippen LogP contribution >= 0.6 is 0 Å². The van der Waals surface area contributed by atoms with Crippen molar-refractivity contribution in [2.45, 2.75) is 0 Å². The summed E-state index contributed by atoms with van der Waals surface area (Å²) in [5.74, 6) is 0. The van der Waals surface area contributed by atoms with Gasteiger partial charge in [0.15, 0.2) is 5.58 Å². The second-order valence-corrected chi connectivity index (χ2v) is 25.0. The minimum atomic E-state index is 0.410. The first-order valence-electron chi connectivity index (χ1n) is 32.7. The molecule has 19 aromatic rings. The zero-order valence-corrected chi connectivity index (χ0v) is 52.0. The topological polar surface area (TPSA) is 51.7 Å². The summed E-state index contributed by atoms with van der Waals surface area (Å²) in [6.07, 6.45) is 0. The van der Waals surface area contributed by atoms with Crippen molar-refractivity contribution in [1.29, 1.82) is 5.26 Å². The van der Waals surface area contributed by atoms with Crippen LogP contribution in [-0.2, 0) is 0 Å². The molecule has 0 saturated carbocycles. The minimum Gasteiger partial charge on any atom is -0.454 e. The molecule has 4 heterocycles. The van der Waals surface area contributed by atoms with E-state index in [9.17, 15) is 5.26 Å². The molecule has 15 aromatic carbocycles. The molecule has 5 nitrogen and oxygen atoms in total. The van der Waals surface area contributed by atoms with E-state index in [4.69, 9.17) is 4.42 Å². The number of para-hydroxylation sites is 1. The van der Waals surface area contributed by atoms with Crippen LogP contribution in [0.5, 0.6) is 0 Å². The molecule has 5 heteroatoms. The monoisotopic (exact) mass is 1220 g/mol. The average Bonchev–Trinajstić information content (AvgIpc) is 1.50. The van der Waals surface area contributed by atoms with Gasteiger partial charge in [-0.2, -0.15) is 5.26 Å². The van der Waals surface area contributed by atoms with Crippen molar-refractivity contribution >= 4 is 87.4 Å². The summed E-state index contributed by atoms with van der Waals surface area (Å²) in [7, 11) is 0. The molecular weight excluding hydrogens is 1170 g/mol. The first kappa shape index (κ1) is 54.7. The summed E-state index contributed by atoms with van der Waals surface area (Å²) in [5.41, 5.74) is 25.1. The highest BCUT2D eigenvalue weighted by molar-refractivity contribution is 6.23. The third-order valence-corrected chi connectivity index (χ3v) is 19.7. The van der Waals surface area contributed by atoms with Crippen LogP contribution in [0.2, 0.25) is 0 Å². The highest BCUT2D eigenvalue weighted by atomic mass is 16.3. The molecule has 0 bridgehead atoms. The summed E-state index contributed by atoms with van der Waals surface area (Å²) >= 11 is 0. The van der Waals surface area contributed by atoms with E-state index in [1.165, 1.54) is 0 Å². The molecule has 0 spiro atoms. The fourth-order valence-electron chi connectivity index (χ4n) is 15.2. The molecule has 0 radical (unpaired) electrons. The highest BCUT2D eigenvalue weighted by Crippen LogP contribution is 2.52. The molecule has 0 amide bonds. The smallest absolute Gasteiger partial charge is 0.157 e. The van der Waals surface area contributed by atoms with Gasteiger partial charge in [-0.25, -0.2) is 0 Å². The number of fused-ring (bicyclic) bond motifs is 12. The lowest BCUT2D eigenvalue weighted by Gasteiger charge is -2.24. The van der Waals surface area contributed by atoms with Crippen molar-refractivity contribution in [3.63, 3.8) is 0 Å². The lowest BCUT2D eigenvalue weighted by atomic mass is 9.98. The summed E-state index contributed by atoms with van der Waals surface area (Å²) in [6, 6.07) is 125. The molecule has 19 rings (SSSR count). The minimum absolute atomic E-state index is 0.410. The van der Waals surface area contributed by atoms with E-state index in [2.05, 4.69) is 359 Å². The van der Waals surface area contributed by atoms with Gasteiger partial charge < -0.3 is 18.1 Å². The van der Waals surface area contributed by atoms with Gasteiger partial charge in [0.25, 0.3) is 0 Å². The lowest BCUT2D eigenvalue weighted by Crippen LogP contribution is -2.12. The van der Waals surface area contributed by atoms with Crippen LogP contribution in [0.1, 0.15) is 5.56 Å². The molecule has 446 valence electrons. The Kier molecular flexibility index (Phi) is 12.6. The molecule has 0 saturated heterocycles. The molecule has 0 N–H and O–H groups in total. The van der Waals surface area contributed by atoms with Crippen molar-refractivity contribution in [3.05, 3.63) is 345 Å². The molecule has 4 aromatic heterocycles. The third-order valence-electron chi connectivity index (χ3n) is 19.7. The van der Waals surface area contributed by atoms with Crippen LogP contribution in [0.25, 0.3) is 182 Å². The number of benzene rings is 15. The molecule has 0 unspecified atom stereocenters. The Morgan fingerprint density at radius 3 is 0.781 bits per heavy atom. The van der Waals surface area contributed by atoms with Gasteiger partial charge in [-0.05, 0) is 145 Å². The lowest BCUT2D eigenvalue weighted by molar-refractivity contribution is 0.668. The van der Waals surface area contributed by atoms with Gasteiger partial charge >= 0.3 is 0 Å². The van der Waals surface area contributed by atoms with E-state index >= 15 is 0 Å². The van der Waals surface area contributed by atoms with Gasteiger partial charge in [-0.3, -0.25) is 0 Å². The third kappa shape index (κ3) is 8.63. The normalized spacial score (nSPS) is 11.7. The van der Waals surface area contributed by atoms with Gasteiger partial charge in [0.2, 0.25) is 0 Å². The van der Waals surface area contributed by atoms with Gasteiger partial charge in [0.05, 0.1) is 55.5 Å². The maximum absolute atomic E-state index is 12.8. The van der Waals surface area contributed by atoms with Gasteiger partial charge in [0.1, 0.15) is 17.2 Å². The predicted octanol–water partition coefficient (Wildman–Crippen LogP) is 24.4. The second kappa shape index (κ2) is 22.1. The number of nitrogens with zero attached hydrogens (tertiary/aromatic N) is 4. The van der Waals surface area contributed by atoms with E-state index in [1.54, 1.807) is 0 Å². The summed E-state index contributed by atoms with van der Waals surface area (Å²) in [6.45, 7) is 0. The average molecular weight is 1220 g/mol. The van der Waals surface area contributed by atoms with Crippen molar-refractivity contribution in [1.82, 2.24) is 13.7 Å². The Morgan fingerprint density at radius 2 is 0.490 bits per heavy atom. The van der Waals surface area contributed by atoms with Crippen molar-refractivity contribution in [2.75, 3.05) is 0 Å². The SMILES string of the molecule is N#Cc1c(-n2c3ccc(-c4ccccc4)cc3c3cc(-c4ccccc4)ccc32)c(-n2c3ccc(-c4ccccc4)cc3c3cc(-c4ccccc4)ccc32)c(-n2c3ccc(-c4ccccc4)cc3c3cc(-c4ccccc4)ccc32)c2c1oc1c(-c3ccccc3)cccc12. The summed E-state index contributed by atoms with van der Waals surface area (Å²) in [5, 5.41) is 21.0. The Labute approximate surface area is 553 Å². The second-order valence-electron chi connectivity index (χ2n) is 25.0. The fraction of sp³-hybridized carbons (Fsp3) is 0. The van der Waals surface area contributed by atoms with Crippen molar-refractivity contribution in [3.8, 4) is 101 Å². The number of rotatable bonds is 10. The number of hydrogen-bond acceptors (Lipinski definition) is 2. The molecule has 0 atom stereocenters. The molecule has 96 heavy (non-hydrogen) atoms. The maximum atomic E-state index is 12.8. The molecule has 0 aliphatic heterocycles. The highest BCUT2D eigenvalue weighted by Gasteiger charge is 2.34. The van der Waals surface area contributed by atoms with Gasteiger partial charge in [-0.1, -0.05) is 267 Å².